The molecule has 1 N–H and O–H groups in total. The maximum atomic E-state index is 11.5. The highest BCUT2D eigenvalue weighted by Crippen LogP contribution is 2.30. The Hall–Kier alpha value is -3.41. The molecular formula is C19H17N3O3. The van der Waals surface area contributed by atoms with Crippen molar-refractivity contribution in [2.75, 3.05) is 12.4 Å². The first-order valence-corrected chi connectivity index (χ1v) is 7.67. The van der Waals surface area contributed by atoms with Gasteiger partial charge in [0.05, 0.1) is 12.7 Å². The third-order valence-electron chi connectivity index (χ3n) is 3.52. The van der Waals surface area contributed by atoms with Gasteiger partial charge in [-0.3, -0.25) is 0 Å². The number of carbonyl (C=O) groups is 1. The molecule has 126 valence electrons. The fourth-order valence-electron chi connectivity index (χ4n) is 2.19. The van der Waals surface area contributed by atoms with Crippen LogP contribution in [0.2, 0.25) is 0 Å². The predicted octanol–water partition coefficient (Wildman–Crippen LogP) is 4.11. The van der Waals surface area contributed by atoms with Crippen molar-refractivity contribution >= 4 is 17.5 Å². The maximum Gasteiger partial charge on any atom is 0.339 e. The first-order valence-electron chi connectivity index (χ1n) is 7.67. The van der Waals surface area contributed by atoms with Crippen molar-refractivity contribution in [2.45, 2.75) is 6.92 Å². The van der Waals surface area contributed by atoms with Gasteiger partial charge < -0.3 is 14.8 Å². The van der Waals surface area contributed by atoms with E-state index in [4.69, 9.17) is 4.74 Å². The molecule has 1 aromatic carbocycles. The Morgan fingerprint density at radius 1 is 1.04 bits per heavy atom. The van der Waals surface area contributed by atoms with E-state index < -0.39 is 5.97 Å². The van der Waals surface area contributed by atoms with E-state index in [2.05, 4.69) is 20.0 Å². The lowest BCUT2D eigenvalue weighted by molar-refractivity contribution is 0.0600. The Morgan fingerprint density at radius 3 is 2.60 bits per heavy atom. The van der Waals surface area contributed by atoms with Crippen LogP contribution in [-0.4, -0.2) is 23.0 Å². The van der Waals surface area contributed by atoms with E-state index in [9.17, 15) is 4.79 Å². The molecule has 0 radical (unpaired) electrons. The van der Waals surface area contributed by atoms with Gasteiger partial charge in [-0.05, 0) is 42.8 Å². The number of benzene rings is 1. The van der Waals surface area contributed by atoms with Crippen LogP contribution in [0.1, 0.15) is 15.9 Å². The molecule has 2 aromatic heterocycles. The third-order valence-corrected chi connectivity index (χ3v) is 3.52. The van der Waals surface area contributed by atoms with Gasteiger partial charge in [-0.15, -0.1) is 0 Å². The molecule has 0 atom stereocenters. The van der Waals surface area contributed by atoms with Crippen LogP contribution in [0.25, 0.3) is 0 Å². The highest BCUT2D eigenvalue weighted by atomic mass is 16.5. The molecule has 25 heavy (non-hydrogen) atoms. The third kappa shape index (κ3) is 3.92. The summed E-state index contributed by atoms with van der Waals surface area (Å²) in [5.41, 5.74) is 2.07. The number of methoxy groups -OCH3 is 1. The normalized spacial score (nSPS) is 10.2. The first kappa shape index (κ1) is 16.4. The van der Waals surface area contributed by atoms with Gasteiger partial charge >= 0.3 is 5.97 Å². The molecule has 0 aliphatic carbocycles. The Balaban J connectivity index is 1.81. The number of nitrogens with one attached hydrogen (secondary N) is 1. The van der Waals surface area contributed by atoms with Crippen molar-refractivity contribution in [1.29, 1.82) is 0 Å². The van der Waals surface area contributed by atoms with Crippen LogP contribution in [0, 0.1) is 6.92 Å². The van der Waals surface area contributed by atoms with Gasteiger partial charge in [0.1, 0.15) is 17.3 Å². The molecule has 0 amide bonds. The van der Waals surface area contributed by atoms with Crippen molar-refractivity contribution in [1.82, 2.24) is 9.97 Å². The summed E-state index contributed by atoms with van der Waals surface area (Å²) < 4.78 is 10.6. The molecule has 6 nitrogen and oxygen atoms in total. The molecule has 0 spiro atoms. The number of rotatable bonds is 5. The summed E-state index contributed by atoms with van der Waals surface area (Å²) in [6.07, 6.45) is 3.11. The van der Waals surface area contributed by atoms with Crippen LogP contribution < -0.4 is 10.1 Å². The Kier molecular flexibility index (Phi) is 4.89. The maximum absolute atomic E-state index is 11.5. The van der Waals surface area contributed by atoms with Gasteiger partial charge in [-0.1, -0.05) is 18.2 Å². The average molecular weight is 335 g/mol. The zero-order chi connectivity index (χ0) is 17.6. The van der Waals surface area contributed by atoms with Crippen molar-refractivity contribution in [3.05, 3.63) is 72.1 Å². The summed E-state index contributed by atoms with van der Waals surface area (Å²) in [5.74, 6) is 1.31. The van der Waals surface area contributed by atoms with Crippen LogP contribution in [0.5, 0.6) is 11.6 Å². The van der Waals surface area contributed by atoms with E-state index in [1.807, 2.05) is 37.3 Å². The number of nitrogens with zero attached hydrogens (tertiary/aromatic N) is 2. The Morgan fingerprint density at radius 2 is 1.88 bits per heavy atom. The second kappa shape index (κ2) is 7.44. The zero-order valence-electron chi connectivity index (χ0n) is 13.9. The number of para-hydroxylation sites is 1. The number of anilines is 2. The molecule has 6 heteroatoms. The van der Waals surface area contributed by atoms with Gasteiger partial charge in [0, 0.05) is 12.4 Å². The number of aromatic nitrogens is 2. The molecule has 3 aromatic rings. The molecule has 0 unspecified atom stereocenters. The van der Waals surface area contributed by atoms with Crippen molar-refractivity contribution in [2.24, 2.45) is 0 Å². The number of hydrogen-bond acceptors (Lipinski definition) is 6. The van der Waals surface area contributed by atoms with Crippen molar-refractivity contribution < 1.29 is 14.3 Å². The van der Waals surface area contributed by atoms with E-state index in [0.717, 1.165) is 11.3 Å². The van der Waals surface area contributed by atoms with Gasteiger partial charge in [0.25, 0.3) is 0 Å². The minimum Gasteiger partial charge on any atom is -0.465 e. The highest BCUT2D eigenvalue weighted by molar-refractivity contribution is 5.89. The number of ether oxygens (including phenoxy) is 2. The van der Waals surface area contributed by atoms with E-state index in [-0.39, 0.29) is 0 Å². The number of pyridine rings is 2. The summed E-state index contributed by atoms with van der Waals surface area (Å²) in [6, 6.07) is 14.7. The summed E-state index contributed by atoms with van der Waals surface area (Å²) in [4.78, 5) is 20.0. The van der Waals surface area contributed by atoms with Gasteiger partial charge in [-0.2, -0.15) is 0 Å². The van der Waals surface area contributed by atoms with E-state index in [1.165, 1.54) is 13.3 Å². The van der Waals surface area contributed by atoms with E-state index in [0.29, 0.717) is 22.9 Å². The van der Waals surface area contributed by atoms with E-state index >= 15 is 0 Å². The second-order valence-corrected chi connectivity index (χ2v) is 5.27. The number of hydrogen-bond donors (Lipinski definition) is 1. The Labute approximate surface area is 145 Å². The molecule has 0 saturated carbocycles. The minimum absolute atomic E-state index is 0.385. The summed E-state index contributed by atoms with van der Waals surface area (Å²) in [7, 11) is 1.33. The largest absolute Gasteiger partial charge is 0.465 e. The first-order chi connectivity index (χ1) is 12.2. The molecular weight excluding hydrogens is 318 g/mol. The van der Waals surface area contributed by atoms with Crippen molar-refractivity contribution in [3.63, 3.8) is 0 Å². The van der Waals surface area contributed by atoms with Crippen molar-refractivity contribution in [3.8, 4) is 11.6 Å². The zero-order valence-corrected chi connectivity index (χ0v) is 13.9. The fraction of sp³-hybridized carbons (Fsp3) is 0.105. The van der Waals surface area contributed by atoms with Crippen LogP contribution in [-0.2, 0) is 4.74 Å². The number of esters is 1. The molecule has 0 aliphatic heterocycles. The lowest BCUT2D eigenvalue weighted by Crippen LogP contribution is -2.03. The van der Waals surface area contributed by atoms with Crippen LogP contribution >= 0.6 is 0 Å². The molecule has 3 rings (SSSR count). The van der Waals surface area contributed by atoms with Crippen LogP contribution in [0.3, 0.4) is 0 Å². The number of carbonyl (C=O) groups excluding carboxylic acids is 1. The molecule has 2 heterocycles. The number of aryl methyl sites for hydroxylation is 1. The molecule has 0 aliphatic rings. The predicted molar refractivity (Wildman–Crippen MR) is 94.3 cm³/mol. The fourth-order valence-corrected chi connectivity index (χ4v) is 2.19. The Bertz CT molecular complexity index is 879. The minimum atomic E-state index is -0.427. The lowest BCUT2D eigenvalue weighted by Gasteiger charge is -2.12. The second-order valence-electron chi connectivity index (χ2n) is 5.27. The quantitative estimate of drug-likeness (QED) is 0.708. The summed E-state index contributed by atoms with van der Waals surface area (Å²) in [6.45, 7) is 1.97. The highest BCUT2D eigenvalue weighted by Gasteiger charge is 2.10. The van der Waals surface area contributed by atoms with Crippen LogP contribution in [0.4, 0.5) is 11.5 Å². The van der Waals surface area contributed by atoms with Crippen LogP contribution in [0.15, 0.2) is 60.9 Å². The van der Waals surface area contributed by atoms with Gasteiger partial charge in [0.2, 0.25) is 5.88 Å². The molecule has 0 bridgehead atoms. The van der Waals surface area contributed by atoms with E-state index in [1.54, 1.807) is 24.4 Å². The SMILES string of the molecule is COC(=O)c1ccc(Nc2cccnc2Oc2ccccc2C)nc1. The molecule has 0 fully saturated rings. The lowest BCUT2D eigenvalue weighted by atomic mass is 10.2. The topological polar surface area (TPSA) is 73.3 Å². The average Bonchev–Trinajstić information content (AvgIpc) is 2.65. The van der Waals surface area contributed by atoms with Gasteiger partial charge in [-0.25, -0.2) is 14.8 Å². The molecule has 0 saturated heterocycles. The smallest absolute Gasteiger partial charge is 0.339 e. The summed E-state index contributed by atoms with van der Waals surface area (Å²) in [5, 5.41) is 3.15. The standard InChI is InChI=1S/C19H17N3O3/c1-13-6-3-4-8-16(13)25-18-15(7-5-11-20-18)22-17-10-9-14(12-21-17)19(23)24-2/h3-12H,1-2H3,(H,21,22). The monoisotopic (exact) mass is 335 g/mol. The van der Waals surface area contributed by atoms with Gasteiger partial charge in [0.15, 0.2) is 0 Å². The summed E-state index contributed by atoms with van der Waals surface area (Å²) >= 11 is 0.